The van der Waals surface area contributed by atoms with Crippen LogP contribution in [-0.4, -0.2) is 9.97 Å². The van der Waals surface area contributed by atoms with E-state index < -0.39 is 0 Å². The Morgan fingerprint density at radius 1 is 1.25 bits per heavy atom. The number of nitrogen functional groups attached to an aromatic ring is 1. The van der Waals surface area contributed by atoms with Crippen molar-refractivity contribution in [3.8, 4) is 0 Å². The Hall–Kier alpha value is -1.30. The van der Waals surface area contributed by atoms with Gasteiger partial charge in [0.2, 0.25) is 0 Å². The largest absolute Gasteiger partial charge is 0.308 e. The molecule has 4 nitrogen and oxygen atoms in total. The molecule has 1 aromatic carbocycles. The molecule has 3 rings (SSSR count). The second-order valence-electron chi connectivity index (χ2n) is 4.84. The minimum Gasteiger partial charge on any atom is -0.308 e. The zero-order valence-corrected chi connectivity index (χ0v) is 12.6. The molecular weight excluding hydrogens is 292 g/mol. The summed E-state index contributed by atoms with van der Waals surface area (Å²) in [5, 5.41) is 1.67. The van der Waals surface area contributed by atoms with Gasteiger partial charge in [0.05, 0.1) is 0 Å². The number of aromatic nitrogens is 2. The Bertz CT molecular complexity index is 626. The maximum atomic E-state index is 5.91. The standard InChI is InChI=1S/C14H15ClN4S/c1-8-12(19-16)17-13(9-2-3-9)18-14(8)20-11-6-4-10(15)5-7-11/h4-7,9H,2-3,16H2,1H3,(H,17,18,19). The predicted octanol–water partition coefficient (Wildman–Crippen LogP) is 3.75. The average Bonchev–Trinajstić information content (AvgIpc) is 3.28. The normalized spacial score (nSPS) is 14.3. The fourth-order valence-corrected chi connectivity index (χ4v) is 2.90. The lowest BCUT2D eigenvalue weighted by molar-refractivity contribution is 0.862. The quantitative estimate of drug-likeness (QED) is 0.511. The van der Waals surface area contributed by atoms with Crippen LogP contribution in [0.4, 0.5) is 5.82 Å². The lowest BCUT2D eigenvalue weighted by Crippen LogP contribution is -2.13. The van der Waals surface area contributed by atoms with Crippen molar-refractivity contribution in [3.63, 3.8) is 0 Å². The molecule has 0 spiro atoms. The summed E-state index contributed by atoms with van der Waals surface area (Å²) in [5.41, 5.74) is 3.64. The van der Waals surface area contributed by atoms with Gasteiger partial charge in [0, 0.05) is 21.4 Å². The number of anilines is 1. The highest BCUT2D eigenvalue weighted by molar-refractivity contribution is 7.99. The zero-order valence-electron chi connectivity index (χ0n) is 11.1. The van der Waals surface area contributed by atoms with Gasteiger partial charge < -0.3 is 5.43 Å². The summed E-state index contributed by atoms with van der Waals surface area (Å²) in [6.07, 6.45) is 2.33. The van der Waals surface area contributed by atoms with Crippen molar-refractivity contribution in [1.29, 1.82) is 0 Å². The van der Waals surface area contributed by atoms with Crippen LogP contribution in [0.5, 0.6) is 0 Å². The lowest BCUT2D eigenvalue weighted by Gasteiger charge is -2.11. The van der Waals surface area contributed by atoms with Crippen molar-refractivity contribution in [2.45, 2.75) is 35.6 Å². The summed E-state index contributed by atoms with van der Waals surface area (Å²) >= 11 is 7.51. The fourth-order valence-electron chi connectivity index (χ4n) is 1.89. The van der Waals surface area contributed by atoms with Crippen molar-refractivity contribution in [1.82, 2.24) is 9.97 Å². The molecule has 0 aliphatic heterocycles. The van der Waals surface area contributed by atoms with Crippen LogP contribution in [0.25, 0.3) is 0 Å². The topological polar surface area (TPSA) is 63.8 Å². The lowest BCUT2D eigenvalue weighted by atomic mass is 10.3. The molecule has 104 valence electrons. The molecule has 6 heteroatoms. The van der Waals surface area contributed by atoms with Crippen molar-refractivity contribution < 1.29 is 0 Å². The van der Waals surface area contributed by atoms with Crippen LogP contribution in [0, 0.1) is 6.92 Å². The van der Waals surface area contributed by atoms with Gasteiger partial charge in [0.15, 0.2) is 0 Å². The van der Waals surface area contributed by atoms with E-state index in [-0.39, 0.29) is 0 Å². The van der Waals surface area contributed by atoms with Crippen LogP contribution in [0.3, 0.4) is 0 Å². The van der Waals surface area contributed by atoms with Crippen LogP contribution >= 0.6 is 23.4 Å². The summed E-state index contributed by atoms with van der Waals surface area (Å²) in [5.74, 6) is 7.64. The number of nitrogens with zero attached hydrogens (tertiary/aromatic N) is 2. The Balaban J connectivity index is 1.94. The molecule has 20 heavy (non-hydrogen) atoms. The third kappa shape index (κ3) is 2.90. The van der Waals surface area contributed by atoms with Gasteiger partial charge in [-0.15, -0.1) is 0 Å². The van der Waals surface area contributed by atoms with E-state index in [2.05, 4.69) is 15.4 Å². The number of nitrogens with one attached hydrogen (secondary N) is 1. The van der Waals surface area contributed by atoms with E-state index in [9.17, 15) is 0 Å². The van der Waals surface area contributed by atoms with Gasteiger partial charge in [-0.1, -0.05) is 23.4 Å². The van der Waals surface area contributed by atoms with Gasteiger partial charge in [0.25, 0.3) is 0 Å². The minimum atomic E-state index is 0.493. The van der Waals surface area contributed by atoms with E-state index in [1.807, 2.05) is 31.2 Å². The first-order valence-corrected chi connectivity index (χ1v) is 7.65. The number of hydrogen-bond donors (Lipinski definition) is 2. The summed E-state index contributed by atoms with van der Waals surface area (Å²) in [6.45, 7) is 1.98. The summed E-state index contributed by atoms with van der Waals surface area (Å²) in [4.78, 5) is 10.3. The van der Waals surface area contributed by atoms with E-state index in [0.717, 1.165) is 39.2 Å². The minimum absolute atomic E-state index is 0.493. The molecule has 1 fully saturated rings. The van der Waals surface area contributed by atoms with E-state index in [0.29, 0.717) is 11.7 Å². The number of nitrogens with two attached hydrogens (primary N) is 1. The number of hydrogen-bond acceptors (Lipinski definition) is 5. The number of hydrazine groups is 1. The molecule has 0 bridgehead atoms. The van der Waals surface area contributed by atoms with Gasteiger partial charge in [-0.3, -0.25) is 0 Å². The first kappa shape index (κ1) is 13.7. The van der Waals surface area contributed by atoms with Gasteiger partial charge >= 0.3 is 0 Å². The first-order valence-electron chi connectivity index (χ1n) is 6.46. The molecular formula is C14H15ClN4S. The van der Waals surface area contributed by atoms with E-state index in [1.54, 1.807) is 11.8 Å². The molecule has 1 saturated carbocycles. The summed E-state index contributed by atoms with van der Waals surface area (Å²) in [7, 11) is 0. The maximum Gasteiger partial charge on any atom is 0.147 e. The first-order chi connectivity index (χ1) is 9.67. The number of benzene rings is 1. The Kier molecular flexibility index (Phi) is 3.83. The highest BCUT2D eigenvalue weighted by Crippen LogP contribution is 2.40. The van der Waals surface area contributed by atoms with Crippen LogP contribution in [0.1, 0.15) is 30.1 Å². The molecule has 0 atom stereocenters. The SMILES string of the molecule is Cc1c(NN)nc(C2CC2)nc1Sc1ccc(Cl)cc1. The van der Waals surface area contributed by atoms with Gasteiger partial charge in [-0.05, 0) is 44.0 Å². The van der Waals surface area contributed by atoms with Gasteiger partial charge in [0.1, 0.15) is 16.7 Å². The molecule has 0 saturated heterocycles. The van der Waals surface area contributed by atoms with Crippen LogP contribution in [0.2, 0.25) is 5.02 Å². The number of rotatable bonds is 4. The van der Waals surface area contributed by atoms with Crippen molar-refractivity contribution in [3.05, 3.63) is 40.7 Å². The van der Waals surface area contributed by atoms with E-state index in [1.165, 1.54) is 0 Å². The van der Waals surface area contributed by atoms with Crippen molar-refractivity contribution in [2.24, 2.45) is 5.84 Å². The second-order valence-corrected chi connectivity index (χ2v) is 6.33. The molecule has 0 unspecified atom stereocenters. The van der Waals surface area contributed by atoms with Crippen LogP contribution in [-0.2, 0) is 0 Å². The molecule has 1 aliphatic rings. The maximum absolute atomic E-state index is 5.91. The highest BCUT2D eigenvalue weighted by atomic mass is 35.5. The molecule has 1 heterocycles. The molecule has 1 aromatic heterocycles. The monoisotopic (exact) mass is 306 g/mol. The molecule has 2 aromatic rings. The molecule has 1 aliphatic carbocycles. The van der Waals surface area contributed by atoms with Crippen molar-refractivity contribution in [2.75, 3.05) is 5.43 Å². The average molecular weight is 307 g/mol. The highest BCUT2D eigenvalue weighted by Gasteiger charge is 2.28. The summed E-state index contributed by atoms with van der Waals surface area (Å²) in [6, 6.07) is 7.73. The van der Waals surface area contributed by atoms with Crippen LogP contribution in [0.15, 0.2) is 34.2 Å². The molecule has 0 radical (unpaired) electrons. The second kappa shape index (κ2) is 5.60. The van der Waals surface area contributed by atoms with Gasteiger partial charge in [-0.25, -0.2) is 15.8 Å². The van der Waals surface area contributed by atoms with Crippen molar-refractivity contribution >= 4 is 29.2 Å². The molecule has 3 N–H and O–H groups in total. The predicted molar refractivity (Wildman–Crippen MR) is 82.1 cm³/mol. The van der Waals surface area contributed by atoms with Gasteiger partial charge in [-0.2, -0.15) is 0 Å². The third-order valence-electron chi connectivity index (χ3n) is 3.23. The third-order valence-corrected chi connectivity index (χ3v) is 4.58. The smallest absolute Gasteiger partial charge is 0.147 e. The number of halogens is 1. The molecule has 0 amide bonds. The zero-order chi connectivity index (χ0) is 14.1. The Morgan fingerprint density at radius 3 is 2.55 bits per heavy atom. The summed E-state index contributed by atoms with van der Waals surface area (Å²) < 4.78 is 0. The van der Waals surface area contributed by atoms with E-state index >= 15 is 0 Å². The Morgan fingerprint density at radius 2 is 1.95 bits per heavy atom. The van der Waals surface area contributed by atoms with Crippen LogP contribution < -0.4 is 11.3 Å². The fraction of sp³-hybridized carbons (Fsp3) is 0.286. The Labute approximate surface area is 127 Å². The van der Waals surface area contributed by atoms with E-state index in [4.69, 9.17) is 17.4 Å².